The van der Waals surface area contributed by atoms with Crippen LogP contribution < -0.4 is 0 Å². The number of nitriles is 1. The summed E-state index contributed by atoms with van der Waals surface area (Å²) in [6.45, 7) is 0.715. The first-order chi connectivity index (χ1) is 8.31. The molecule has 0 spiro atoms. The number of hydrogen-bond donors (Lipinski definition) is 0. The Morgan fingerprint density at radius 3 is 3.00 bits per heavy atom. The van der Waals surface area contributed by atoms with Gasteiger partial charge in [0.15, 0.2) is 5.78 Å². The molecule has 0 atom stereocenters. The van der Waals surface area contributed by atoms with Crippen LogP contribution in [0.15, 0.2) is 35.8 Å². The van der Waals surface area contributed by atoms with Crippen LogP contribution >= 0.6 is 11.3 Å². The van der Waals surface area contributed by atoms with E-state index in [0.29, 0.717) is 18.7 Å². The number of aromatic nitrogens is 1. The molecule has 0 aliphatic heterocycles. The van der Waals surface area contributed by atoms with E-state index >= 15 is 0 Å². The number of hydrogen-bond acceptors (Lipinski definition) is 3. The van der Waals surface area contributed by atoms with E-state index in [2.05, 4.69) is 6.07 Å². The lowest BCUT2D eigenvalue weighted by atomic mass is 10.2. The third-order valence-electron chi connectivity index (χ3n) is 2.54. The summed E-state index contributed by atoms with van der Waals surface area (Å²) in [5.74, 6) is 0.186. The van der Waals surface area contributed by atoms with Gasteiger partial charge in [-0.1, -0.05) is 6.07 Å². The van der Waals surface area contributed by atoms with Crippen LogP contribution in [0.3, 0.4) is 0 Å². The quantitative estimate of drug-likeness (QED) is 0.759. The number of aryl methyl sites for hydroxylation is 1. The van der Waals surface area contributed by atoms with Crippen molar-refractivity contribution in [2.45, 2.75) is 19.4 Å². The molecule has 0 unspecified atom stereocenters. The van der Waals surface area contributed by atoms with Crippen molar-refractivity contribution < 1.29 is 4.79 Å². The van der Waals surface area contributed by atoms with Gasteiger partial charge in [-0.15, -0.1) is 11.3 Å². The highest BCUT2D eigenvalue weighted by Crippen LogP contribution is 2.13. The van der Waals surface area contributed by atoms with E-state index in [9.17, 15) is 4.79 Å². The van der Waals surface area contributed by atoms with Gasteiger partial charge in [-0.2, -0.15) is 5.26 Å². The highest BCUT2D eigenvalue weighted by Gasteiger charge is 2.06. The van der Waals surface area contributed by atoms with Gasteiger partial charge < -0.3 is 4.57 Å². The zero-order valence-corrected chi connectivity index (χ0v) is 10.1. The Bertz CT molecular complexity index is 534. The number of rotatable bonds is 5. The summed E-state index contributed by atoms with van der Waals surface area (Å²) in [7, 11) is 0. The van der Waals surface area contributed by atoms with Gasteiger partial charge in [0, 0.05) is 19.2 Å². The number of carbonyl (C=O) groups is 1. The maximum absolute atomic E-state index is 11.7. The molecule has 0 aromatic carbocycles. The number of thiophene rings is 1. The largest absolute Gasteiger partial charge is 0.339 e. The fourth-order valence-electron chi connectivity index (χ4n) is 1.68. The molecule has 2 aromatic heterocycles. The maximum Gasteiger partial charge on any atom is 0.172 e. The standard InChI is InChI=1S/C13H12N2OS/c14-10-11-4-1-7-15(11)8-2-5-12(16)13-6-3-9-17-13/h1,3-4,6-7,9H,2,5,8H2. The van der Waals surface area contributed by atoms with Crippen molar-refractivity contribution in [2.75, 3.05) is 0 Å². The molecule has 0 aliphatic carbocycles. The van der Waals surface area contributed by atoms with Gasteiger partial charge in [0.2, 0.25) is 0 Å². The van der Waals surface area contributed by atoms with Gasteiger partial charge in [-0.3, -0.25) is 4.79 Å². The minimum absolute atomic E-state index is 0.186. The summed E-state index contributed by atoms with van der Waals surface area (Å²) >= 11 is 1.48. The van der Waals surface area contributed by atoms with Crippen LogP contribution in [0.2, 0.25) is 0 Å². The van der Waals surface area contributed by atoms with E-state index in [-0.39, 0.29) is 5.78 Å². The van der Waals surface area contributed by atoms with Crippen molar-refractivity contribution in [3.05, 3.63) is 46.4 Å². The minimum Gasteiger partial charge on any atom is -0.339 e. The number of Topliss-reactive ketones (excluding diaryl/α,β-unsaturated/α-hetero) is 1. The Morgan fingerprint density at radius 2 is 2.29 bits per heavy atom. The van der Waals surface area contributed by atoms with Gasteiger partial charge in [0.1, 0.15) is 11.8 Å². The summed E-state index contributed by atoms with van der Waals surface area (Å²) < 4.78 is 1.88. The molecule has 0 bridgehead atoms. The lowest BCUT2D eigenvalue weighted by Gasteiger charge is -2.03. The zero-order valence-electron chi connectivity index (χ0n) is 9.30. The van der Waals surface area contributed by atoms with Gasteiger partial charge in [-0.05, 0) is 30.0 Å². The van der Waals surface area contributed by atoms with Crippen molar-refractivity contribution >= 4 is 17.1 Å². The summed E-state index contributed by atoms with van der Waals surface area (Å²) in [6, 6.07) is 9.48. The summed E-state index contributed by atoms with van der Waals surface area (Å²) in [5, 5.41) is 10.7. The van der Waals surface area contributed by atoms with Crippen LogP contribution in [0, 0.1) is 11.3 Å². The van der Waals surface area contributed by atoms with Crippen molar-refractivity contribution in [1.82, 2.24) is 4.57 Å². The van der Waals surface area contributed by atoms with Crippen LogP contribution in [-0.2, 0) is 6.54 Å². The van der Waals surface area contributed by atoms with E-state index in [4.69, 9.17) is 5.26 Å². The summed E-state index contributed by atoms with van der Waals surface area (Å²) in [6.07, 6.45) is 3.16. The molecule has 0 saturated carbocycles. The van der Waals surface area contributed by atoms with Crippen LogP contribution in [0.25, 0.3) is 0 Å². The molecule has 2 rings (SSSR count). The fourth-order valence-corrected chi connectivity index (χ4v) is 2.38. The minimum atomic E-state index is 0.186. The second-order valence-corrected chi connectivity index (χ2v) is 4.65. The normalized spacial score (nSPS) is 10.1. The SMILES string of the molecule is N#Cc1cccn1CCCC(=O)c1cccs1. The van der Waals surface area contributed by atoms with Crippen LogP contribution in [-0.4, -0.2) is 10.4 Å². The van der Waals surface area contributed by atoms with Gasteiger partial charge in [-0.25, -0.2) is 0 Å². The van der Waals surface area contributed by atoms with Crippen molar-refractivity contribution in [1.29, 1.82) is 5.26 Å². The highest BCUT2D eigenvalue weighted by atomic mass is 32.1. The first-order valence-corrected chi connectivity index (χ1v) is 6.31. The maximum atomic E-state index is 11.7. The van der Waals surface area contributed by atoms with Gasteiger partial charge in [0.25, 0.3) is 0 Å². The molecule has 0 radical (unpaired) electrons. The van der Waals surface area contributed by atoms with Crippen LogP contribution in [0.5, 0.6) is 0 Å². The monoisotopic (exact) mass is 244 g/mol. The molecule has 4 heteroatoms. The zero-order chi connectivity index (χ0) is 12.1. The van der Waals surface area contributed by atoms with Crippen LogP contribution in [0.4, 0.5) is 0 Å². The highest BCUT2D eigenvalue weighted by molar-refractivity contribution is 7.12. The molecule has 0 fully saturated rings. The predicted molar refractivity (Wildman–Crippen MR) is 67.0 cm³/mol. The first kappa shape index (κ1) is 11.6. The Labute approximate surface area is 104 Å². The number of ketones is 1. The van der Waals surface area contributed by atoms with E-state index < -0.39 is 0 Å². The second kappa shape index (κ2) is 5.46. The third-order valence-corrected chi connectivity index (χ3v) is 3.45. The molecular weight excluding hydrogens is 232 g/mol. The molecule has 86 valence electrons. The molecule has 0 aliphatic rings. The van der Waals surface area contributed by atoms with Gasteiger partial charge >= 0.3 is 0 Å². The van der Waals surface area contributed by atoms with Gasteiger partial charge in [0.05, 0.1) is 4.88 Å². The lowest BCUT2D eigenvalue weighted by Crippen LogP contribution is -2.02. The number of nitrogens with zero attached hydrogens (tertiary/aromatic N) is 2. The van der Waals surface area contributed by atoms with E-state index in [1.165, 1.54) is 11.3 Å². The molecule has 2 aromatic rings. The molecular formula is C13H12N2OS. The average molecular weight is 244 g/mol. The molecule has 0 amide bonds. The molecule has 17 heavy (non-hydrogen) atoms. The van der Waals surface area contributed by atoms with E-state index in [0.717, 1.165) is 11.3 Å². The first-order valence-electron chi connectivity index (χ1n) is 5.43. The Hall–Kier alpha value is -1.86. The van der Waals surface area contributed by atoms with Crippen molar-refractivity contribution in [3.63, 3.8) is 0 Å². The smallest absolute Gasteiger partial charge is 0.172 e. The van der Waals surface area contributed by atoms with E-state index in [1.807, 2.05) is 34.3 Å². The molecule has 0 N–H and O–H groups in total. The summed E-state index contributed by atoms with van der Waals surface area (Å²) in [4.78, 5) is 12.5. The summed E-state index contributed by atoms with van der Waals surface area (Å²) in [5.41, 5.74) is 0.647. The topological polar surface area (TPSA) is 45.8 Å². The molecule has 0 saturated heterocycles. The van der Waals surface area contributed by atoms with Crippen molar-refractivity contribution in [3.8, 4) is 6.07 Å². The van der Waals surface area contributed by atoms with E-state index in [1.54, 1.807) is 6.07 Å². The number of carbonyl (C=O) groups excluding carboxylic acids is 1. The third kappa shape index (κ3) is 2.83. The molecule has 3 nitrogen and oxygen atoms in total. The molecule has 2 heterocycles. The predicted octanol–water partition coefficient (Wildman–Crippen LogP) is 3.08. The Kier molecular flexibility index (Phi) is 3.73. The van der Waals surface area contributed by atoms with Crippen LogP contribution in [0.1, 0.15) is 28.2 Å². The Balaban J connectivity index is 1.85. The Morgan fingerprint density at radius 1 is 1.41 bits per heavy atom. The van der Waals surface area contributed by atoms with Crippen molar-refractivity contribution in [2.24, 2.45) is 0 Å². The second-order valence-electron chi connectivity index (χ2n) is 3.70. The fraction of sp³-hybridized carbons (Fsp3) is 0.231. The lowest BCUT2D eigenvalue weighted by molar-refractivity contribution is 0.0982. The average Bonchev–Trinajstić information content (AvgIpc) is 2.99.